The van der Waals surface area contributed by atoms with Crippen molar-refractivity contribution in [1.29, 1.82) is 0 Å². The molecule has 1 amide bonds. The first-order valence-corrected chi connectivity index (χ1v) is 6.39. The maximum atomic E-state index is 12.0. The number of furan rings is 1. The molecule has 5 heteroatoms. The smallest absolute Gasteiger partial charge is 0.289 e. The second-order valence-electron chi connectivity index (χ2n) is 3.91. The Labute approximate surface area is 106 Å². The minimum Gasteiger partial charge on any atom is -0.444 e. The summed E-state index contributed by atoms with van der Waals surface area (Å²) in [5.41, 5.74) is -0.240. The molecule has 84 valence electrons. The van der Waals surface area contributed by atoms with Crippen LogP contribution in [0.3, 0.4) is 0 Å². The number of nitrogens with zero attached hydrogens (tertiary/aromatic N) is 1. The zero-order valence-electron chi connectivity index (χ0n) is 8.88. The monoisotopic (exact) mass is 337 g/mol. The average molecular weight is 339 g/mol. The van der Waals surface area contributed by atoms with E-state index in [1.165, 1.54) is 0 Å². The molecule has 0 aliphatic carbocycles. The van der Waals surface area contributed by atoms with Gasteiger partial charge in [-0.25, -0.2) is 0 Å². The molecule has 1 aromatic heterocycles. The first-order chi connectivity index (χ1) is 6.88. The van der Waals surface area contributed by atoms with Crippen LogP contribution in [-0.2, 0) is 0 Å². The predicted octanol–water partition coefficient (Wildman–Crippen LogP) is 3.29. The minimum absolute atomic E-state index is 0.120. The van der Waals surface area contributed by atoms with Gasteiger partial charge in [0.25, 0.3) is 5.91 Å². The molecule has 0 fully saturated rings. The molecular weight excluding hydrogens is 326 g/mol. The van der Waals surface area contributed by atoms with E-state index in [-0.39, 0.29) is 11.4 Å². The molecule has 0 radical (unpaired) electrons. The zero-order valence-corrected chi connectivity index (χ0v) is 12.1. The number of amides is 1. The van der Waals surface area contributed by atoms with Crippen molar-refractivity contribution in [2.45, 2.75) is 19.4 Å². The van der Waals surface area contributed by atoms with Crippen molar-refractivity contribution in [2.24, 2.45) is 0 Å². The van der Waals surface area contributed by atoms with E-state index < -0.39 is 0 Å². The number of alkyl halides is 1. The molecule has 0 spiro atoms. The Morgan fingerprint density at radius 3 is 2.53 bits per heavy atom. The van der Waals surface area contributed by atoms with Crippen LogP contribution in [0.2, 0.25) is 0 Å². The average Bonchev–Trinajstić information content (AvgIpc) is 2.62. The van der Waals surface area contributed by atoms with Crippen LogP contribution in [0.15, 0.2) is 21.2 Å². The summed E-state index contributed by atoms with van der Waals surface area (Å²) >= 11 is 6.55. The van der Waals surface area contributed by atoms with Gasteiger partial charge in [0, 0.05) is 17.9 Å². The molecule has 0 aromatic carbocycles. The van der Waals surface area contributed by atoms with Gasteiger partial charge in [-0.05, 0) is 41.9 Å². The van der Waals surface area contributed by atoms with E-state index in [2.05, 4.69) is 31.9 Å². The van der Waals surface area contributed by atoms with Crippen molar-refractivity contribution in [2.75, 3.05) is 12.4 Å². The topological polar surface area (TPSA) is 33.5 Å². The summed E-state index contributed by atoms with van der Waals surface area (Å²) in [5.74, 6) is 0.226. The van der Waals surface area contributed by atoms with Crippen LogP contribution in [0.4, 0.5) is 0 Å². The molecule has 0 atom stereocenters. The lowest BCUT2D eigenvalue weighted by Gasteiger charge is -2.33. The molecule has 0 bridgehead atoms. The van der Waals surface area contributed by atoms with Crippen LogP contribution in [0.25, 0.3) is 0 Å². The standard InChI is InChI=1S/C10H13Br2NO2/c1-10(2,6-11)13(3)9(14)7-4-5-8(12)15-7/h4-5H,6H2,1-3H3. The largest absolute Gasteiger partial charge is 0.444 e. The van der Waals surface area contributed by atoms with E-state index in [1.807, 2.05) is 13.8 Å². The molecule has 1 heterocycles. The lowest BCUT2D eigenvalue weighted by Crippen LogP contribution is -2.46. The lowest BCUT2D eigenvalue weighted by atomic mass is 10.1. The Hall–Kier alpha value is -0.290. The van der Waals surface area contributed by atoms with E-state index in [0.29, 0.717) is 15.8 Å². The van der Waals surface area contributed by atoms with Crippen LogP contribution in [-0.4, -0.2) is 28.7 Å². The third-order valence-electron chi connectivity index (χ3n) is 2.32. The van der Waals surface area contributed by atoms with Gasteiger partial charge in [0.1, 0.15) is 0 Å². The molecule has 3 nitrogen and oxygen atoms in total. The van der Waals surface area contributed by atoms with Gasteiger partial charge >= 0.3 is 0 Å². The fraction of sp³-hybridized carbons (Fsp3) is 0.500. The highest BCUT2D eigenvalue weighted by Gasteiger charge is 2.28. The zero-order chi connectivity index (χ0) is 11.6. The maximum Gasteiger partial charge on any atom is 0.289 e. The maximum absolute atomic E-state index is 12.0. The third-order valence-corrected chi connectivity index (χ3v) is 4.12. The van der Waals surface area contributed by atoms with Crippen molar-refractivity contribution >= 4 is 37.8 Å². The lowest BCUT2D eigenvalue weighted by molar-refractivity contribution is 0.0629. The fourth-order valence-corrected chi connectivity index (χ4v) is 1.64. The van der Waals surface area contributed by atoms with Gasteiger partial charge in [-0.3, -0.25) is 4.79 Å². The van der Waals surface area contributed by atoms with Gasteiger partial charge in [0.15, 0.2) is 10.4 Å². The van der Waals surface area contributed by atoms with Crippen molar-refractivity contribution in [3.63, 3.8) is 0 Å². The fourth-order valence-electron chi connectivity index (χ4n) is 0.959. The summed E-state index contributed by atoms with van der Waals surface area (Å²) in [4.78, 5) is 13.6. The molecule has 0 saturated heterocycles. The molecule has 0 aliphatic rings. The van der Waals surface area contributed by atoms with Gasteiger partial charge in [-0.2, -0.15) is 0 Å². The quantitative estimate of drug-likeness (QED) is 0.792. The summed E-state index contributed by atoms with van der Waals surface area (Å²) < 4.78 is 5.78. The number of rotatable bonds is 3. The third kappa shape index (κ3) is 2.84. The van der Waals surface area contributed by atoms with Gasteiger partial charge in [0.2, 0.25) is 0 Å². The highest BCUT2D eigenvalue weighted by Crippen LogP contribution is 2.21. The minimum atomic E-state index is -0.240. The molecule has 1 rings (SSSR count). The molecule has 0 N–H and O–H groups in total. The Bertz CT molecular complexity index is 360. The summed E-state index contributed by atoms with van der Waals surface area (Å²) in [6.45, 7) is 3.97. The van der Waals surface area contributed by atoms with Crippen LogP contribution in [0.1, 0.15) is 24.4 Å². The second kappa shape index (κ2) is 4.70. The SMILES string of the molecule is CN(C(=O)c1ccc(Br)o1)C(C)(C)CBr. The van der Waals surface area contributed by atoms with Gasteiger partial charge < -0.3 is 9.32 Å². The van der Waals surface area contributed by atoms with Gasteiger partial charge in [-0.15, -0.1) is 0 Å². The molecule has 0 unspecified atom stereocenters. The molecule has 0 aliphatic heterocycles. The van der Waals surface area contributed by atoms with E-state index in [0.717, 1.165) is 0 Å². The Morgan fingerprint density at radius 1 is 1.53 bits per heavy atom. The first kappa shape index (κ1) is 12.8. The van der Waals surface area contributed by atoms with Crippen molar-refractivity contribution in [3.8, 4) is 0 Å². The van der Waals surface area contributed by atoms with Crippen molar-refractivity contribution < 1.29 is 9.21 Å². The summed E-state index contributed by atoms with van der Waals surface area (Å²) in [7, 11) is 1.76. The highest BCUT2D eigenvalue weighted by molar-refractivity contribution is 9.10. The number of carbonyl (C=O) groups is 1. The van der Waals surface area contributed by atoms with Crippen molar-refractivity contribution in [3.05, 3.63) is 22.6 Å². The molecule has 0 saturated carbocycles. The molecular formula is C10H13Br2NO2. The number of halogens is 2. The summed E-state index contributed by atoms with van der Waals surface area (Å²) in [6.07, 6.45) is 0. The summed E-state index contributed by atoms with van der Waals surface area (Å²) in [5, 5.41) is 0.712. The van der Waals surface area contributed by atoms with E-state index in [1.54, 1.807) is 24.1 Å². The number of hydrogen-bond donors (Lipinski definition) is 0. The molecule has 15 heavy (non-hydrogen) atoms. The van der Waals surface area contributed by atoms with E-state index in [9.17, 15) is 4.79 Å². The first-order valence-electron chi connectivity index (χ1n) is 4.48. The number of hydrogen-bond acceptors (Lipinski definition) is 2. The summed E-state index contributed by atoms with van der Waals surface area (Å²) in [6, 6.07) is 3.37. The van der Waals surface area contributed by atoms with E-state index in [4.69, 9.17) is 4.42 Å². The van der Waals surface area contributed by atoms with Crippen LogP contribution < -0.4 is 0 Å². The van der Waals surface area contributed by atoms with Gasteiger partial charge in [-0.1, -0.05) is 15.9 Å². The van der Waals surface area contributed by atoms with Crippen molar-refractivity contribution in [1.82, 2.24) is 4.90 Å². The highest BCUT2D eigenvalue weighted by atomic mass is 79.9. The van der Waals surface area contributed by atoms with Crippen LogP contribution in [0.5, 0.6) is 0 Å². The number of carbonyl (C=O) groups excluding carboxylic acids is 1. The van der Waals surface area contributed by atoms with Crippen LogP contribution in [0, 0.1) is 0 Å². The Morgan fingerprint density at radius 2 is 2.13 bits per heavy atom. The molecule has 1 aromatic rings. The Kier molecular flexibility index (Phi) is 4.00. The van der Waals surface area contributed by atoms with Gasteiger partial charge in [0.05, 0.1) is 0 Å². The van der Waals surface area contributed by atoms with E-state index >= 15 is 0 Å². The second-order valence-corrected chi connectivity index (χ2v) is 5.26. The van der Waals surface area contributed by atoms with Crippen LogP contribution >= 0.6 is 31.9 Å². The predicted molar refractivity (Wildman–Crippen MR) is 66.4 cm³/mol. The Balaban J connectivity index is 2.86. The normalized spacial score (nSPS) is 11.5.